The maximum absolute atomic E-state index is 12.5. The van der Waals surface area contributed by atoms with Gasteiger partial charge in [0.25, 0.3) is 15.9 Å². The fourth-order valence-corrected chi connectivity index (χ4v) is 3.70. The standard InChI is InChI=1S/C21H26N2O6S/c1-4-28-19-9-7-6-8-18(19)20(24)22-15-14-16-10-12-17(13-11-16)30(26,27)23(3)21(25)29-5-2/h6-13H,4-5,14-15H2,1-3H3,(H,22,24). The normalized spacial score (nSPS) is 10.9. The molecule has 2 aromatic rings. The van der Waals surface area contributed by atoms with Gasteiger partial charge in [-0.2, -0.15) is 0 Å². The summed E-state index contributed by atoms with van der Waals surface area (Å²) in [5, 5.41) is 2.83. The molecule has 8 nitrogen and oxygen atoms in total. The largest absolute Gasteiger partial charge is 0.493 e. The van der Waals surface area contributed by atoms with E-state index in [1.165, 1.54) is 12.1 Å². The van der Waals surface area contributed by atoms with Gasteiger partial charge < -0.3 is 14.8 Å². The molecule has 0 saturated carbocycles. The van der Waals surface area contributed by atoms with Gasteiger partial charge in [-0.05, 0) is 50.1 Å². The summed E-state index contributed by atoms with van der Waals surface area (Å²) >= 11 is 0. The zero-order chi connectivity index (χ0) is 22.1. The number of carbonyl (C=O) groups excluding carboxylic acids is 2. The lowest BCUT2D eigenvalue weighted by molar-refractivity contribution is 0.0950. The Balaban J connectivity index is 1.97. The first-order chi connectivity index (χ1) is 14.3. The van der Waals surface area contributed by atoms with Crippen LogP contribution in [0, 0.1) is 0 Å². The SMILES string of the molecule is CCOC(=O)N(C)S(=O)(=O)c1ccc(CCNC(=O)c2ccccc2OCC)cc1. The van der Waals surface area contributed by atoms with E-state index < -0.39 is 16.1 Å². The second-order valence-corrected chi connectivity index (χ2v) is 8.22. The summed E-state index contributed by atoms with van der Waals surface area (Å²) in [4.78, 5) is 24.1. The van der Waals surface area contributed by atoms with Crippen molar-refractivity contribution in [3.8, 4) is 5.75 Å². The van der Waals surface area contributed by atoms with Crippen molar-refractivity contribution in [1.82, 2.24) is 9.62 Å². The van der Waals surface area contributed by atoms with Crippen molar-refractivity contribution in [3.05, 3.63) is 59.7 Å². The zero-order valence-electron chi connectivity index (χ0n) is 17.3. The summed E-state index contributed by atoms with van der Waals surface area (Å²) in [7, 11) is -2.83. The Hall–Kier alpha value is -3.07. The van der Waals surface area contributed by atoms with E-state index in [9.17, 15) is 18.0 Å². The number of para-hydroxylation sites is 1. The first kappa shape index (κ1) is 23.2. The molecular formula is C21H26N2O6S. The number of amides is 2. The van der Waals surface area contributed by atoms with Crippen molar-refractivity contribution in [2.75, 3.05) is 26.8 Å². The predicted molar refractivity (Wildman–Crippen MR) is 112 cm³/mol. The van der Waals surface area contributed by atoms with Crippen molar-refractivity contribution in [2.24, 2.45) is 0 Å². The van der Waals surface area contributed by atoms with Crippen LogP contribution >= 0.6 is 0 Å². The third-order valence-electron chi connectivity index (χ3n) is 4.24. The third-order valence-corrected chi connectivity index (χ3v) is 5.98. The van der Waals surface area contributed by atoms with Crippen LogP contribution in [0.3, 0.4) is 0 Å². The third kappa shape index (κ3) is 5.73. The first-order valence-electron chi connectivity index (χ1n) is 9.55. The molecule has 2 rings (SSSR count). The molecule has 0 aliphatic heterocycles. The average molecular weight is 435 g/mol. The highest BCUT2D eigenvalue weighted by molar-refractivity contribution is 7.89. The molecule has 0 aliphatic carbocycles. The number of carbonyl (C=O) groups is 2. The van der Waals surface area contributed by atoms with Gasteiger partial charge in [-0.3, -0.25) is 4.79 Å². The fraction of sp³-hybridized carbons (Fsp3) is 0.333. The van der Waals surface area contributed by atoms with E-state index in [-0.39, 0.29) is 17.4 Å². The molecule has 0 bridgehead atoms. The number of rotatable bonds is 9. The average Bonchev–Trinajstić information content (AvgIpc) is 2.74. The van der Waals surface area contributed by atoms with Crippen molar-refractivity contribution < 1.29 is 27.5 Å². The Labute approximate surface area is 176 Å². The molecular weight excluding hydrogens is 408 g/mol. The molecule has 0 unspecified atom stereocenters. The summed E-state index contributed by atoms with van der Waals surface area (Å²) in [6, 6.07) is 13.1. The molecule has 30 heavy (non-hydrogen) atoms. The van der Waals surface area contributed by atoms with Gasteiger partial charge in [-0.25, -0.2) is 17.5 Å². The molecule has 0 aromatic heterocycles. The summed E-state index contributed by atoms with van der Waals surface area (Å²) < 4.78 is 35.7. The predicted octanol–water partition coefficient (Wildman–Crippen LogP) is 2.83. The van der Waals surface area contributed by atoms with Gasteiger partial charge in [0.2, 0.25) is 0 Å². The zero-order valence-corrected chi connectivity index (χ0v) is 18.1. The minimum Gasteiger partial charge on any atom is -0.493 e. The first-order valence-corrected chi connectivity index (χ1v) is 11.0. The van der Waals surface area contributed by atoms with Crippen LogP contribution in [0.1, 0.15) is 29.8 Å². The Bertz CT molecular complexity index is 973. The maximum Gasteiger partial charge on any atom is 0.423 e. The summed E-state index contributed by atoms with van der Waals surface area (Å²) in [6.45, 7) is 4.36. The summed E-state index contributed by atoms with van der Waals surface area (Å²) in [6.07, 6.45) is -0.423. The smallest absolute Gasteiger partial charge is 0.423 e. The van der Waals surface area contributed by atoms with Gasteiger partial charge in [0.1, 0.15) is 5.75 Å². The van der Waals surface area contributed by atoms with Crippen molar-refractivity contribution in [3.63, 3.8) is 0 Å². The van der Waals surface area contributed by atoms with E-state index in [0.717, 1.165) is 12.6 Å². The van der Waals surface area contributed by atoms with Gasteiger partial charge in [0.05, 0.1) is 23.7 Å². The van der Waals surface area contributed by atoms with Crippen LogP contribution in [0.25, 0.3) is 0 Å². The molecule has 2 aromatic carbocycles. The van der Waals surface area contributed by atoms with E-state index in [1.807, 2.05) is 6.92 Å². The molecule has 0 radical (unpaired) electrons. The van der Waals surface area contributed by atoms with Gasteiger partial charge in [0.15, 0.2) is 0 Å². The quantitative estimate of drug-likeness (QED) is 0.651. The van der Waals surface area contributed by atoms with Gasteiger partial charge in [-0.15, -0.1) is 0 Å². The van der Waals surface area contributed by atoms with E-state index in [4.69, 9.17) is 9.47 Å². The van der Waals surface area contributed by atoms with Gasteiger partial charge >= 0.3 is 6.09 Å². The Kier molecular flexibility index (Phi) is 8.23. The number of nitrogens with one attached hydrogen (secondary N) is 1. The number of ether oxygens (including phenoxy) is 2. The number of benzene rings is 2. The van der Waals surface area contributed by atoms with Crippen LogP contribution in [0.15, 0.2) is 53.4 Å². The molecule has 0 aliphatic rings. The lowest BCUT2D eigenvalue weighted by atomic mass is 10.1. The number of hydrogen-bond acceptors (Lipinski definition) is 6. The topological polar surface area (TPSA) is 102 Å². The van der Waals surface area contributed by atoms with Crippen LogP contribution in [0.5, 0.6) is 5.75 Å². The van der Waals surface area contributed by atoms with Gasteiger partial charge in [-0.1, -0.05) is 24.3 Å². The minimum atomic E-state index is -3.98. The summed E-state index contributed by atoms with van der Waals surface area (Å²) in [5.74, 6) is 0.284. The Morgan fingerprint density at radius 1 is 1.00 bits per heavy atom. The van der Waals surface area contributed by atoms with Crippen molar-refractivity contribution >= 4 is 22.0 Å². The van der Waals surface area contributed by atoms with Crippen LogP contribution in [0.2, 0.25) is 0 Å². The molecule has 0 fully saturated rings. The maximum atomic E-state index is 12.5. The highest BCUT2D eigenvalue weighted by Crippen LogP contribution is 2.18. The highest BCUT2D eigenvalue weighted by Gasteiger charge is 2.26. The lowest BCUT2D eigenvalue weighted by Gasteiger charge is -2.17. The number of hydrogen-bond donors (Lipinski definition) is 1. The molecule has 0 heterocycles. The summed E-state index contributed by atoms with van der Waals surface area (Å²) in [5.41, 5.74) is 1.30. The second kappa shape index (κ2) is 10.6. The fourth-order valence-electron chi connectivity index (χ4n) is 2.65. The highest BCUT2D eigenvalue weighted by atomic mass is 32.2. The van der Waals surface area contributed by atoms with E-state index in [1.54, 1.807) is 43.3 Å². The lowest BCUT2D eigenvalue weighted by Crippen LogP contribution is -2.33. The van der Waals surface area contributed by atoms with Crippen molar-refractivity contribution in [2.45, 2.75) is 25.2 Å². The van der Waals surface area contributed by atoms with E-state index >= 15 is 0 Å². The van der Waals surface area contributed by atoms with Crippen LogP contribution in [0.4, 0.5) is 4.79 Å². The Morgan fingerprint density at radius 3 is 2.30 bits per heavy atom. The van der Waals surface area contributed by atoms with Crippen LogP contribution in [-0.2, 0) is 21.2 Å². The molecule has 9 heteroatoms. The van der Waals surface area contributed by atoms with Crippen LogP contribution < -0.4 is 10.1 Å². The number of sulfonamides is 1. The minimum absolute atomic E-state index is 0.0171. The van der Waals surface area contributed by atoms with E-state index in [0.29, 0.717) is 35.2 Å². The van der Waals surface area contributed by atoms with Crippen LogP contribution in [-0.4, -0.2) is 51.5 Å². The molecule has 0 saturated heterocycles. The molecule has 1 N–H and O–H groups in total. The molecule has 162 valence electrons. The monoisotopic (exact) mass is 434 g/mol. The van der Waals surface area contributed by atoms with E-state index in [2.05, 4.69) is 5.32 Å². The molecule has 0 spiro atoms. The molecule has 2 amide bonds. The second-order valence-electron chi connectivity index (χ2n) is 6.25. The Morgan fingerprint density at radius 2 is 1.67 bits per heavy atom. The van der Waals surface area contributed by atoms with Gasteiger partial charge in [0, 0.05) is 13.6 Å². The number of nitrogens with zero attached hydrogens (tertiary/aromatic N) is 1. The van der Waals surface area contributed by atoms with Crippen molar-refractivity contribution in [1.29, 1.82) is 0 Å². The molecule has 0 atom stereocenters.